The molecule has 4 nitrogen and oxygen atoms in total. The van der Waals surface area contributed by atoms with Gasteiger partial charge in [0.1, 0.15) is 23.7 Å². The highest BCUT2D eigenvalue weighted by Gasteiger charge is 2.17. The van der Waals surface area contributed by atoms with Gasteiger partial charge in [0.15, 0.2) is 0 Å². The molecular formula is C25H24O4. The van der Waals surface area contributed by atoms with Crippen LogP contribution in [-0.4, -0.2) is 19.7 Å². The predicted octanol–water partition coefficient (Wildman–Crippen LogP) is 5.43. The second kappa shape index (κ2) is 8.82. The number of methoxy groups -OCH3 is 1. The summed E-state index contributed by atoms with van der Waals surface area (Å²) in [5.41, 5.74) is 5.45. The smallest absolute Gasteiger partial charge is 0.341 e. The molecule has 1 aliphatic rings. The van der Waals surface area contributed by atoms with Crippen molar-refractivity contribution in [1.82, 2.24) is 0 Å². The van der Waals surface area contributed by atoms with Gasteiger partial charge in [0, 0.05) is 5.56 Å². The molecule has 1 aliphatic heterocycles. The Morgan fingerprint density at radius 2 is 1.79 bits per heavy atom. The van der Waals surface area contributed by atoms with E-state index in [1.54, 1.807) is 18.2 Å². The summed E-state index contributed by atoms with van der Waals surface area (Å²) in [6.07, 6.45) is 2.90. The van der Waals surface area contributed by atoms with E-state index < -0.39 is 0 Å². The van der Waals surface area contributed by atoms with E-state index in [2.05, 4.69) is 24.3 Å². The molecule has 0 spiro atoms. The first-order valence-corrected chi connectivity index (χ1v) is 9.90. The zero-order valence-electron chi connectivity index (χ0n) is 16.5. The second-order valence-corrected chi connectivity index (χ2v) is 7.07. The van der Waals surface area contributed by atoms with Crippen LogP contribution in [0.2, 0.25) is 0 Å². The maximum Gasteiger partial charge on any atom is 0.341 e. The van der Waals surface area contributed by atoms with Crippen molar-refractivity contribution in [2.75, 3.05) is 13.7 Å². The molecule has 148 valence electrons. The van der Waals surface area contributed by atoms with Crippen molar-refractivity contribution < 1.29 is 19.0 Å². The molecule has 0 atom stereocenters. The molecule has 0 amide bonds. The van der Waals surface area contributed by atoms with Crippen molar-refractivity contribution >= 4 is 5.97 Å². The van der Waals surface area contributed by atoms with E-state index in [1.807, 2.05) is 24.3 Å². The maximum atomic E-state index is 11.8. The predicted molar refractivity (Wildman–Crippen MR) is 112 cm³/mol. The Kier molecular flexibility index (Phi) is 5.80. The summed E-state index contributed by atoms with van der Waals surface area (Å²) in [6, 6.07) is 22.0. The van der Waals surface area contributed by atoms with Gasteiger partial charge in [-0.3, -0.25) is 0 Å². The minimum atomic E-state index is -0.376. The molecule has 0 N–H and O–H groups in total. The molecule has 0 fully saturated rings. The van der Waals surface area contributed by atoms with Crippen LogP contribution < -0.4 is 9.47 Å². The molecule has 0 aliphatic carbocycles. The van der Waals surface area contributed by atoms with Crippen LogP contribution in [-0.2, 0) is 17.8 Å². The zero-order chi connectivity index (χ0) is 20.1. The van der Waals surface area contributed by atoms with Crippen molar-refractivity contribution in [3.05, 3.63) is 83.4 Å². The second-order valence-electron chi connectivity index (χ2n) is 7.07. The molecule has 4 rings (SSSR count). The van der Waals surface area contributed by atoms with Gasteiger partial charge in [-0.2, -0.15) is 0 Å². The topological polar surface area (TPSA) is 44.8 Å². The summed E-state index contributed by atoms with van der Waals surface area (Å²) in [6.45, 7) is 1.19. The Balaban J connectivity index is 1.33. The van der Waals surface area contributed by atoms with Gasteiger partial charge in [-0.15, -0.1) is 0 Å². The van der Waals surface area contributed by atoms with Crippen LogP contribution in [0.25, 0.3) is 11.1 Å². The van der Waals surface area contributed by atoms with Crippen molar-refractivity contribution in [1.29, 1.82) is 0 Å². The van der Waals surface area contributed by atoms with Crippen molar-refractivity contribution in [3.63, 3.8) is 0 Å². The van der Waals surface area contributed by atoms with Crippen LogP contribution in [0.3, 0.4) is 0 Å². The molecule has 0 saturated heterocycles. The molecule has 4 heteroatoms. The third-order valence-electron chi connectivity index (χ3n) is 5.14. The highest BCUT2D eigenvalue weighted by Crippen LogP contribution is 2.37. The standard InChI is InChI=1S/C25H24O4/c1-27-25(26)21-10-3-5-12-24(21)28-15-7-6-8-18-13-14-19-17-29-23-11-4-2-9-20(23)22(19)16-18/h2-5,9-14,16H,6-8,15,17H2,1H3. The Morgan fingerprint density at radius 1 is 0.966 bits per heavy atom. The lowest BCUT2D eigenvalue weighted by Gasteiger charge is -2.21. The van der Waals surface area contributed by atoms with Crippen molar-refractivity contribution in [3.8, 4) is 22.6 Å². The number of carbonyl (C=O) groups excluding carboxylic acids is 1. The fraction of sp³-hybridized carbons (Fsp3) is 0.240. The monoisotopic (exact) mass is 388 g/mol. The quantitative estimate of drug-likeness (QED) is 0.400. The van der Waals surface area contributed by atoms with Crippen LogP contribution in [0.15, 0.2) is 66.7 Å². The largest absolute Gasteiger partial charge is 0.493 e. The van der Waals surface area contributed by atoms with E-state index in [4.69, 9.17) is 14.2 Å². The number of unbranched alkanes of at least 4 members (excludes halogenated alkanes) is 1. The van der Waals surface area contributed by atoms with Gasteiger partial charge in [0.05, 0.1) is 13.7 Å². The fourth-order valence-electron chi connectivity index (χ4n) is 3.61. The van der Waals surface area contributed by atoms with Gasteiger partial charge in [-0.1, -0.05) is 48.5 Å². The fourth-order valence-corrected chi connectivity index (χ4v) is 3.61. The summed E-state index contributed by atoms with van der Waals surface area (Å²) in [5, 5.41) is 0. The number of carbonyl (C=O) groups is 1. The van der Waals surface area contributed by atoms with E-state index in [-0.39, 0.29) is 5.97 Å². The molecule has 0 bridgehead atoms. The first-order valence-electron chi connectivity index (χ1n) is 9.90. The van der Waals surface area contributed by atoms with Crippen LogP contribution >= 0.6 is 0 Å². The molecule has 3 aromatic rings. The number of hydrogen-bond donors (Lipinski definition) is 0. The highest BCUT2D eigenvalue weighted by molar-refractivity contribution is 5.92. The van der Waals surface area contributed by atoms with Gasteiger partial charge < -0.3 is 14.2 Å². The van der Waals surface area contributed by atoms with Gasteiger partial charge in [0.25, 0.3) is 0 Å². The van der Waals surface area contributed by atoms with E-state index in [0.29, 0.717) is 24.5 Å². The van der Waals surface area contributed by atoms with E-state index in [9.17, 15) is 4.79 Å². The third-order valence-corrected chi connectivity index (χ3v) is 5.14. The zero-order valence-corrected chi connectivity index (χ0v) is 16.5. The lowest BCUT2D eigenvalue weighted by molar-refractivity contribution is 0.0596. The summed E-state index contributed by atoms with van der Waals surface area (Å²) >= 11 is 0. The van der Waals surface area contributed by atoms with E-state index in [0.717, 1.165) is 25.0 Å². The third kappa shape index (κ3) is 4.27. The van der Waals surface area contributed by atoms with Crippen LogP contribution in [0, 0.1) is 0 Å². The molecule has 1 heterocycles. The number of esters is 1. The van der Waals surface area contributed by atoms with Gasteiger partial charge in [0.2, 0.25) is 0 Å². The number of para-hydroxylation sites is 2. The Morgan fingerprint density at radius 3 is 2.69 bits per heavy atom. The number of rotatable bonds is 7. The number of fused-ring (bicyclic) bond motifs is 3. The molecule has 0 saturated carbocycles. The molecule has 0 unspecified atom stereocenters. The molecule has 0 aromatic heterocycles. The number of ether oxygens (including phenoxy) is 3. The Bertz CT molecular complexity index is 1010. The van der Waals surface area contributed by atoms with E-state index in [1.165, 1.54) is 29.4 Å². The Labute approximate surface area is 171 Å². The first kappa shape index (κ1) is 19.1. The highest BCUT2D eigenvalue weighted by atomic mass is 16.5. The van der Waals surface area contributed by atoms with Gasteiger partial charge in [-0.25, -0.2) is 4.79 Å². The molecular weight excluding hydrogens is 364 g/mol. The first-order chi connectivity index (χ1) is 14.3. The summed E-state index contributed by atoms with van der Waals surface area (Å²) in [7, 11) is 1.38. The average molecular weight is 388 g/mol. The molecule has 3 aromatic carbocycles. The SMILES string of the molecule is COC(=O)c1ccccc1OCCCCc1ccc2c(c1)-c1ccccc1OC2. The van der Waals surface area contributed by atoms with Crippen LogP contribution in [0.4, 0.5) is 0 Å². The molecule has 0 radical (unpaired) electrons. The minimum Gasteiger partial charge on any atom is -0.493 e. The summed E-state index contributed by atoms with van der Waals surface area (Å²) in [4.78, 5) is 11.8. The lowest BCUT2D eigenvalue weighted by atomic mass is 9.94. The van der Waals surface area contributed by atoms with Crippen LogP contribution in [0.1, 0.15) is 34.3 Å². The number of benzene rings is 3. The maximum absolute atomic E-state index is 11.8. The molecule has 29 heavy (non-hydrogen) atoms. The van der Waals surface area contributed by atoms with Gasteiger partial charge in [-0.05, 0) is 54.2 Å². The average Bonchev–Trinajstić information content (AvgIpc) is 2.78. The Hall–Kier alpha value is -3.27. The number of aryl methyl sites for hydroxylation is 1. The number of hydrogen-bond acceptors (Lipinski definition) is 4. The minimum absolute atomic E-state index is 0.376. The van der Waals surface area contributed by atoms with Gasteiger partial charge >= 0.3 is 5.97 Å². The van der Waals surface area contributed by atoms with E-state index >= 15 is 0 Å². The summed E-state index contributed by atoms with van der Waals surface area (Å²) < 4.78 is 16.5. The van der Waals surface area contributed by atoms with Crippen molar-refractivity contribution in [2.45, 2.75) is 25.9 Å². The van der Waals surface area contributed by atoms with Crippen molar-refractivity contribution in [2.24, 2.45) is 0 Å². The normalized spacial score (nSPS) is 11.8. The van der Waals surface area contributed by atoms with Crippen LogP contribution in [0.5, 0.6) is 11.5 Å². The lowest BCUT2D eigenvalue weighted by Crippen LogP contribution is -2.07. The summed E-state index contributed by atoms with van der Waals surface area (Å²) in [5.74, 6) is 1.15.